The van der Waals surface area contributed by atoms with Crippen LogP contribution in [0.2, 0.25) is 0 Å². The van der Waals surface area contributed by atoms with E-state index in [2.05, 4.69) is 0 Å². The first-order valence-corrected chi connectivity index (χ1v) is 7.23. The lowest BCUT2D eigenvalue weighted by atomic mass is 10.0. The Kier molecular flexibility index (Phi) is 3.04. The highest BCUT2D eigenvalue weighted by atomic mass is 16.5. The van der Waals surface area contributed by atoms with Crippen molar-refractivity contribution in [2.24, 2.45) is 0 Å². The number of carbonyl (C=O) groups excluding carboxylic acids is 1. The molecule has 0 saturated carbocycles. The molecule has 4 rings (SSSR count). The molecule has 0 saturated heterocycles. The van der Waals surface area contributed by atoms with E-state index in [0.717, 1.165) is 22.6 Å². The SMILES string of the molecule is O=C(C1C=Cc2ccccc2O1)C1C=Cc2ccccc2O1. The summed E-state index contributed by atoms with van der Waals surface area (Å²) >= 11 is 0. The molecule has 0 bridgehead atoms. The highest BCUT2D eigenvalue weighted by Crippen LogP contribution is 2.29. The minimum Gasteiger partial charge on any atom is -0.478 e. The molecule has 22 heavy (non-hydrogen) atoms. The standard InChI is InChI=1S/C19H14O3/c20-19(17-11-9-13-5-1-3-7-15(13)21-17)18-12-10-14-6-2-4-8-16(14)22-18/h1-12,17-18H. The molecule has 0 fully saturated rings. The summed E-state index contributed by atoms with van der Waals surface area (Å²) in [5.74, 6) is 1.35. The zero-order chi connectivity index (χ0) is 14.9. The molecule has 2 aliphatic rings. The van der Waals surface area contributed by atoms with Crippen LogP contribution in [0, 0.1) is 0 Å². The largest absolute Gasteiger partial charge is 0.478 e. The number of ether oxygens (including phenoxy) is 2. The molecule has 3 heteroatoms. The average molecular weight is 290 g/mol. The number of hydrogen-bond acceptors (Lipinski definition) is 3. The molecular formula is C19H14O3. The second kappa shape index (κ2) is 5.19. The molecule has 0 spiro atoms. The van der Waals surface area contributed by atoms with Crippen molar-refractivity contribution in [3.05, 3.63) is 71.8 Å². The van der Waals surface area contributed by atoms with Crippen molar-refractivity contribution in [1.82, 2.24) is 0 Å². The highest BCUT2D eigenvalue weighted by molar-refractivity contribution is 5.94. The van der Waals surface area contributed by atoms with E-state index >= 15 is 0 Å². The number of para-hydroxylation sites is 2. The lowest BCUT2D eigenvalue weighted by Crippen LogP contribution is -2.39. The summed E-state index contributed by atoms with van der Waals surface area (Å²) < 4.78 is 11.6. The average Bonchev–Trinajstić information content (AvgIpc) is 2.60. The monoisotopic (exact) mass is 290 g/mol. The van der Waals surface area contributed by atoms with Gasteiger partial charge in [-0.15, -0.1) is 0 Å². The molecule has 108 valence electrons. The summed E-state index contributed by atoms with van der Waals surface area (Å²) in [6.07, 6.45) is 6.17. The molecule has 2 aromatic rings. The normalized spacial score (nSPS) is 21.3. The van der Waals surface area contributed by atoms with Gasteiger partial charge in [-0.1, -0.05) is 48.6 Å². The van der Waals surface area contributed by atoms with E-state index in [4.69, 9.17) is 9.47 Å². The summed E-state index contributed by atoms with van der Waals surface area (Å²) in [6.45, 7) is 0. The Morgan fingerprint density at radius 3 is 1.68 bits per heavy atom. The van der Waals surface area contributed by atoms with Gasteiger partial charge in [-0.05, 0) is 24.3 Å². The molecule has 0 radical (unpaired) electrons. The quantitative estimate of drug-likeness (QED) is 0.849. The Labute approximate surface area is 128 Å². The van der Waals surface area contributed by atoms with Crippen LogP contribution in [0.4, 0.5) is 0 Å². The second-order valence-electron chi connectivity index (χ2n) is 5.27. The minimum atomic E-state index is -0.616. The van der Waals surface area contributed by atoms with Crippen molar-refractivity contribution in [3.8, 4) is 11.5 Å². The molecule has 0 amide bonds. The molecule has 0 aliphatic carbocycles. The number of carbonyl (C=O) groups is 1. The van der Waals surface area contributed by atoms with Crippen molar-refractivity contribution in [3.63, 3.8) is 0 Å². The molecule has 0 N–H and O–H groups in total. The Morgan fingerprint density at radius 1 is 0.727 bits per heavy atom. The first-order valence-electron chi connectivity index (χ1n) is 7.23. The van der Waals surface area contributed by atoms with E-state index in [1.165, 1.54) is 0 Å². The third-order valence-corrected chi connectivity index (χ3v) is 3.81. The summed E-state index contributed by atoms with van der Waals surface area (Å²) in [4.78, 5) is 12.6. The van der Waals surface area contributed by atoms with Crippen LogP contribution in [0.5, 0.6) is 11.5 Å². The highest BCUT2D eigenvalue weighted by Gasteiger charge is 2.30. The maximum atomic E-state index is 12.6. The Hall–Kier alpha value is -2.81. The first-order chi connectivity index (χ1) is 10.8. The van der Waals surface area contributed by atoms with Crippen LogP contribution >= 0.6 is 0 Å². The van der Waals surface area contributed by atoms with Crippen LogP contribution in [-0.2, 0) is 4.79 Å². The van der Waals surface area contributed by atoms with E-state index in [1.54, 1.807) is 12.2 Å². The number of hydrogen-bond donors (Lipinski definition) is 0. The Morgan fingerprint density at radius 2 is 1.18 bits per heavy atom. The van der Waals surface area contributed by atoms with Crippen LogP contribution < -0.4 is 9.47 Å². The molecule has 2 aliphatic heterocycles. The number of ketones is 1. The molecule has 3 nitrogen and oxygen atoms in total. The fourth-order valence-electron chi connectivity index (χ4n) is 2.65. The topological polar surface area (TPSA) is 35.5 Å². The van der Waals surface area contributed by atoms with Crippen LogP contribution in [0.15, 0.2) is 60.7 Å². The van der Waals surface area contributed by atoms with Gasteiger partial charge < -0.3 is 9.47 Å². The van der Waals surface area contributed by atoms with E-state index in [9.17, 15) is 4.79 Å². The Bertz CT molecular complexity index is 723. The van der Waals surface area contributed by atoms with Crippen molar-refractivity contribution in [2.45, 2.75) is 12.2 Å². The molecule has 2 aromatic carbocycles. The minimum absolute atomic E-state index is 0.100. The van der Waals surface area contributed by atoms with E-state index < -0.39 is 12.2 Å². The number of fused-ring (bicyclic) bond motifs is 2. The summed E-state index contributed by atoms with van der Waals surface area (Å²) in [5, 5.41) is 0. The van der Waals surface area contributed by atoms with Gasteiger partial charge in [0.25, 0.3) is 0 Å². The smallest absolute Gasteiger partial charge is 0.221 e. The van der Waals surface area contributed by atoms with Gasteiger partial charge in [0.2, 0.25) is 5.78 Å². The third kappa shape index (κ3) is 2.21. The van der Waals surface area contributed by atoms with Crippen LogP contribution in [0.1, 0.15) is 11.1 Å². The fraction of sp³-hybridized carbons (Fsp3) is 0.105. The number of Topliss-reactive ketones (excluding diaryl/α,β-unsaturated/α-hetero) is 1. The Balaban J connectivity index is 1.55. The van der Waals surface area contributed by atoms with Gasteiger partial charge in [0.15, 0.2) is 12.2 Å². The molecule has 2 heterocycles. The van der Waals surface area contributed by atoms with Crippen LogP contribution in [-0.4, -0.2) is 18.0 Å². The predicted molar refractivity (Wildman–Crippen MR) is 84.8 cm³/mol. The maximum absolute atomic E-state index is 12.6. The zero-order valence-corrected chi connectivity index (χ0v) is 11.8. The number of rotatable bonds is 2. The summed E-state index contributed by atoms with van der Waals surface area (Å²) in [5.41, 5.74) is 1.97. The van der Waals surface area contributed by atoms with E-state index in [1.807, 2.05) is 60.7 Å². The maximum Gasteiger partial charge on any atom is 0.221 e. The zero-order valence-electron chi connectivity index (χ0n) is 11.8. The molecule has 0 aromatic heterocycles. The van der Waals surface area contributed by atoms with E-state index in [-0.39, 0.29) is 5.78 Å². The van der Waals surface area contributed by atoms with Gasteiger partial charge >= 0.3 is 0 Å². The molecule has 2 atom stereocenters. The van der Waals surface area contributed by atoms with Gasteiger partial charge in [-0.3, -0.25) is 4.79 Å². The summed E-state index contributed by atoms with van der Waals surface area (Å²) in [6, 6.07) is 15.3. The van der Waals surface area contributed by atoms with Crippen LogP contribution in [0.3, 0.4) is 0 Å². The van der Waals surface area contributed by atoms with Crippen LogP contribution in [0.25, 0.3) is 12.2 Å². The van der Waals surface area contributed by atoms with Gasteiger partial charge in [-0.25, -0.2) is 0 Å². The van der Waals surface area contributed by atoms with Crippen molar-refractivity contribution in [1.29, 1.82) is 0 Å². The third-order valence-electron chi connectivity index (χ3n) is 3.81. The van der Waals surface area contributed by atoms with Gasteiger partial charge in [0, 0.05) is 11.1 Å². The lowest BCUT2D eigenvalue weighted by molar-refractivity contribution is -0.129. The van der Waals surface area contributed by atoms with Gasteiger partial charge in [0.1, 0.15) is 11.5 Å². The number of benzene rings is 2. The van der Waals surface area contributed by atoms with Crippen molar-refractivity contribution >= 4 is 17.9 Å². The fourth-order valence-corrected chi connectivity index (χ4v) is 2.65. The summed E-state index contributed by atoms with van der Waals surface area (Å²) in [7, 11) is 0. The lowest BCUT2D eigenvalue weighted by Gasteiger charge is -2.25. The molecular weight excluding hydrogens is 276 g/mol. The predicted octanol–water partition coefficient (Wildman–Crippen LogP) is 3.50. The first kappa shape index (κ1) is 12.9. The van der Waals surface area contributed by atoms with E-state index in [0.29, 0.717) is 0 Å². The van der Waals surface area contributed by atoms with Crippen molar-refractivity contribution < 1.29 is 14.3 Å². The molecule has 2 unspecified atom stereocenters. The van der Waals surface area contributed by atoms with Gasteiger partial charge in [0.05, 0.1) is 0 Å². The second-order valence-corrected chi connectivity index (χ2v) is 5.27. The van der Waals surface area contributed by atoms with Crippen molar-refractivity contribution in [2.75, 3.05) is 0 Å². The van der Waals surface area contributed by atoms with Gasteiger partial charge in [-0.2, -0.15) is 0 Å².